The Hall–Kier alpha value is -3.21. The molecule has 0 spiro atoms. The Bertz CT molecular complexity index is 891. The summed E-state index contributed by atoms with van der Waals surface area (Å²) in [6.07, 6.45) is 1.59. The first-order valence-corrected chi connectivity index (χ1v) is 8.57. The van der Waals surface area contributed by atoms with E-state index in [1.165, 1.54) is 16.7 Å². The normalized spacial score (nSPS) is 10.4. The van der Waals surface area contributed by atoms with Crippen molar-refractivity contribution in [1.29, 1.82) is 0 Å². The smallest absolute Gasteiger partial charge is 0.270 e. The third-order valence-electron chi connectivity index (χ3n) is 4.16. The Labute approximate surface area is 153 Å². The molecule has 1 heterocycles. The number of nitrogens with zero attached hydrogens (tertiary/aromatic N) is 2. The number of hydrogen-bond acceptors (Lipinski definition) is 4. The molecular formula is C21H22N4O. The topological polar surface area (TPSA) is 66.9 Å². The van der Waals surface area contributed by atoms with E-state index in [-0.39, 0.29) is 5.91 Å². The van der Waals surface area contributed by atoms with Crippen molar-refractivity contribution < 1.29 is 4.79 Å². The van der Waals surface area contributed by atoms with Crippen LogP contribution in [0.15, 0.2) is 60.8 Å². The maximum absolute atomic E-state index is 12.3. The molecule has 1 aromatic heterocycles. The van der Waals surface area contributed by atoms with Gasteiger partial charge in [-0.2, -0.15) is 0 Å². The molecule has 0 aliphatic heterocycles. The molecule has 3 rings (SSSR count). The Kier molecular flexibility index (Phi) is 5.59. The average molecular weight is 346 g/mol. The van der Waals surface area contributed by atoms with Gasteiger partial charge in [-0.25, -0.2) is 9.97 Å². The summed E-state index contributed by atoms with van der Waals surface area (Å²) >= 11 is 0. The number of hydrogen-bond donors (Lipinski definition) is 2. The monoisotopic (exact) mass is 346 g/mol. The van der Waals surface area contributed by atoms with Gasteiger partial charge < -0.3 is 10.6 Å². The summed E-state index contributed by atoms with van der Waals surface area (Å²) in [6.45, 7) is 5.18. The molecule has 0 radical (unpaired) electrons. The number of aryl methyl sites for hydroxylation is 2. The number of aromatic nitrogens is 2. The fraction of sp³-hybridized carbons (Fsp3) is 0.190. The number of carbonyl (C=O) groups is 1. The lowest BCUT2D eigenvalue weighted by atomic mass is 10.1. The molecular weight excluding hydrogens is 324 g/mol. The summed E-state index contributed by atoms with van der Waals surface area (Å²) in [5.74, 6) is 0.225. The van der Waals surface area contributed by atoms with Crippen molar-refractivity contribution in [2.45, 2.75) is 26.9 Å². The molecule has 0 saturated heterocycles. The lowest BCUT2D eigenvalue weighted by molar-refractivity contribution is 0.0946. The summed E-state index contributed by atoms with van der Waals surface area (Å²) in [7, 11) is 0. The molecule has 0 atom stereocenters. The van der Waals surface area contributed by atoms with Crippen LogP contribution < -0.4 is 10.6 Å². The molecule has 5 heteroatoms. The van der Waals surface area contributed by atoms with Crippen molar-refractivity contribution >= 4 is 11.9 Å². The van der Waals surface area contributed by atoms with Gasteiger partial charge in [0.05, 0.1) is 0 Å². The Morgan fingerprint density at radius 3 is 2.50 bits per heavy atom. The van der Waals surface area contributed by atoms with Crippen LogP contribution in [0.25, 0.3) is 0 Å². The minimum atomic E-state index is -0.216. The first-order valence-electron chi connectivity index (χ1n) is 8.57. The summed E-state index contributed by atoms with van der Waals surface area (Å²) in [6, 6.07) is 17.8. The predicted molar refractivity (Wildman–Crippen MR) is 103 cm³/mol. The molecule has 2 aromatic carbocycles. The van der Waals surface area contributed by atoms with Gasteiger partial charge in [0.15, 0.2) is 0 Å². The van der Waals surface area contributed by atoms with E-state index in [0.717, 1.165) is 5.56 Å². The molecule has 0 aliphatic rings. The van der Waals surface area contributed by atoms with Crippen LogP contribution in [0.3, 0.4) is 0 Å². The minimum Gasteiger partial charge on any atom is -0.350 e. The van der Waals surface area contributed by atoms with Gasteiger partial charge in [-0.15, -0.1) is 0 Å². The first-order chi connectivity index (χ1) is 12.6. The Balaban J connectivity index is 1.60. The van der Waals surface area contributed by atoms with Gasteiger partial charge in [0.25, 0.3) is 5.91 Å². The van der Waals surface area contributed by atoms with Crippen LogP contribution in [0.1, 0.15) is 32.7 Å². The fourth-order valence-electron chi connectivity index (χ4n) is 2.53. The lowest BCUT2D eigenvalue weighted by Gasteiger charge is -2.09. The highest BCUT2D eigenvalue weighted by atomic mass is 16.1. The summed E-state index contributed by atoms with van der Waals surface area (Å²) in [5, 5.41) is 6.06. The summed E-state index contributed by atoms with van der Waals surface area (Å²) < 4.78 is 0. The molecule has 0 saturated carbocycles. The van der Waals surface area contributed by atoms with Crippen molar-refractivity contribution in [2.75, 3.05) is 5.32 Å². The van der Waals surface area contributed by atoms with E-state index in [9.17, 15) is 4.79 Å². The highest BCUT2D eigenvalue weighted by Gasteiger charge is 2.09. The molecule has 1 amide bonds. The van der Waals surface area contributed by atoms with Gasteiger partial charge in [0.1, 0.15) is 5.69 Å². The van der Waals surface area contributed by atoms with Crippen LogP contribution in [0.4, 0.5) is 5.95 Å². The third kappa shape index (κ3) is 4.66. The Morgan fingerprint density at radius 1 is 0.962 bits per heavy atom. The highest BCUT2D eigenvalue weighted by molar-refractivity contribution is 5.92. The first kappa shape index (κ1) is 17.6. The van der Waals surface area contributed by atoms with Crippen molar-refractivity contribution in [3.05, 3.63) is 88.7 Å². The molecule has 5 nitrogen and oxygen atoms in total. The quantitative estimate of drug-likeness (QED) is 0.715. The lowest BCUT2D eigenvalue weighted by Crippen LogP contribution is -2.24. The molecule has 0 bridgehead atoms. The standard InChI is InChI=1S/C21H22N4O/c1-15-7-9-17(10-8-15)13-23-20(26)19-11-12-22-21(25-19)24-14-18-6-4-3-5-16(18)2/h3-12H,13-14H2,1-2H3,(H,23,26)(H,22,24,25). The second-order valence-corrected chi connectivity index (χ2v) is 6.21. The number of rotatable bonds is 6. The van der Waals surface area contributed by atoms with Crippen molar-refractivity contribution in [3.8, 4) is 0 Å². The van der Waals surface area contributed by atoms with E-state index in [2.05, 4.69) is 39.7 Å². The number of amides is 1. The number of nitrogens with one attached hydrogen (secondary N) is 2. The number of anilines is 1. The predicted octanol–water partition coefficient (Wildman–Crippen LogP) is 3.64. The summed E-state index contributed by atoms with van der Waals surface area (Å²) in [5.41, 5.74) is 4.97. The number of carbonyl (C=O) groups excluding carboxylic acids is 1. The largest absolute Gasteiger partial charge is 0.350 e. The number of benzene rings is 2. The third-order valence-corrected chi connectivity index (χ3v) is 4.16. The van der Waals surface area contributed by atoms with Crippen LogP contribution in [0.5, 0.6) is 0 Å². The molecule has 26 heavy (non-hydrogen) atoms. The molecule has 3 aromatic rings. The maximum Gasteiger partial charge on any atom is 0.270 e. The van der Waals surface area contributed by atoms with Gasteiger partial charge in [0.2, 0.25) is 5.95 Å². The Morgan fingerprint density at radius 2 is 1.73 bits per heavy atom. The highest BCUT2D eigenvalue weighted by Crippen LogP contribution is 2.09. The molecule has 132 valence electrons. The van der Waals surface area contributed by atoms with E-state index in [0.29, 0.717) is 24.7 Å². The van der Waals surface area contributed by atoms with Crippen molar-refractivity contribution in [2.24, 2.45) is 0 Å². The van der Waals surface area contributed by atoms with Crippen LogP contribution in [-0.2, 0) is 13.1 Å². The van der Waals surface area contributed by atoms with Gasteiger partial charge in [-0.1, -0.05) is 54.1 Å². The zero-order valence-corrected chi connectivity index (χ0v) is 15.0. The van der Waals surface area contributed by atoms with Gasteiger partial charge in [-0.05, 0) is 36.6 Å². The second-order valence-electron chi connectivity index (χ2n) is 6.21. The maximum atomic E-state index is 12.3. The van der Waals surface area contributed by atoms with Gasteiger partial charge in [-0.3, -0.25) is 4.79 Å². The van der Waals surface area contributed by atoms with Gasteiger partial charge in [0, 0.05) is 19.3 Å². The average Bonchev–Trinajstić information content (AvgIpc) is 2.67. The van der Waals surface area contributed by atoms with E-state index < -0.39 is 0 Å². The van der Waals surface area contributed by atoms with E-state index in [1.54, 1.807) is 12.3 Å². The zero-order chi connectivity index (χ0) is 18.4. The van der Waals surface area contributed by atoms with Gasteiger partial charge >= 0.3 is 0 Å². The minimum absolute atomic E-state index is 0.216. The second kappa shape index (κ2) is 8.25. The zero-order valence-electron chi connectivity index (χ0n) is 15.0. The van der Waals surface area contributed by atoms with Crippen molar-refractivity contribution in [3.63, 3.8) is 0 Å². The van der Waals surface area contributed by atoms with E-state index in [4.69, 9.17) is 0 Å². The van der Waals surface area contributed by atoms with Crippen LogP contribution in [0, 0.1) is 13.8 Å². The van der Waals surface area contributed by atoms with Crippen LogP contribution in [-0.4, -0.2) is 15.9 Å². The molecule has 2 N–H and O–H groups in total. The molecule has 0 fully saturated rings. The van der Waals surface area contributed by atoms with Crippen LogP contribution >= 0.6 is 0 Å². The van der Waals surface area contributed by atoms with Crippen LogP contribution in [0.2, 0.25) is 0 Å². The van der Waals surface area contributed by atoms with Crippen molar-refractivity contribution in [1.82, 2.24) is 15.3 Å². The molecule has 0 aliphatic carbocycles. The molecule has 0 unspecified atom stereocenters. The van der Waals surface area contributed by atoms with E-state index >= 15 is 0 Å². The SMILES string of the molecule is Cc1ccc(CNC(=O)c2ccnc(NCc3ccccc3C)n2)cc1. The fourth-order valence-corrected chi connectivity index (χ4v) is 2.53. The summed E-state index contributed by atoms with van der Waals surface area (Å²) in [4.78, 5) is 20.8. The van der Waals surface area contributed by atoms with E-state index in [1.807, 2.05) is 43.3 Å².